The molecule has 0 rings (SSSR count). The minimum Gasteiger partial charge on any atom is -0.465 e. The summed E-state index contributed by atoms with van der Waals surface area (Å²) in [5.41, 5.74) is 0.474. The van der Waals surface area contributed by atoms with Gasteiger partial charge in [0.25, 0.3) is 0 Å². The van der Waals surface area contributed by atoms with Crippen LogP contribution in [0.4, 0.5) is 0 Å². The summed E-state index contributed by atoms with van der Waals surface area (Å²) < 4.78 is 11.5. The van der Waals surface area contributed by atoms with Gasteiger partial charge in [0.1, 0.15) is 9.68 Å². The number of carbonyl (C=O) groups is 1. The maximum atomic E-state index is 10.9. The molecule has 0 amide bonds. The maximum Gasteiger partial charge on any atom is 0.332 e. The molecule has 0 aliphatic rings. The first-order chi connectivity index (χ1) is 5.68. The van der Waals surface area contributed by atoms with Gasteiger partial charge in [0.2, 0.25) is 0 Å². The lowest BCUT2D eigenvalue weighted by atomic mass is 10.4. The normalized spacial score (nSPS) is 11.8. The van der Waals surface area contributed by atoms with Crippen molar-refractivity contribution >= 4 is 35.9 Å². The first-order valence-electron chi connectivity index (χ1n) is 3.86. The van der Waals surface area contributed by atoms with E-state index in [1.807, 2.05) is 0 Å². The molecule has 0 radical (unpaired) electrons. The molecular weight excluding hydrogens is 204 g/mol. The monoisotopic (exact) mass is 220 g/mol. The van der Waals surface area contributed by atoms with E-state index in [1.165, 1.54) is 0 Å². The standard InChI is InChI=1S/C5H16N2O2Si3/c1-4(2)5(8)9-3-11-7-12-6-10/h6-7H,1,3,11-12H2,2,10H3. The molecular formula is C5H16N2O2Si3. The van der Waals surface area contributed by atoms with Crippen LogP contribution in [0, 0.1) is 0 Å². The van der Waals surface area contributed by atoms with Gasteiger partial charge >= 0.3 is 5.97 Å². The van der Waals surface area contributed by atoms with E-state index in [9.17, 15) is 4.79 Å². The van der Waals surface area contributed by atoms with Gasteiger partial charge in [-0.2, -0.15) is 0 Å². The molecule has 0 aliphatic heterocycles. The van der Waals surface area contributed by atoms with Crippen molar-refractivity contribution in [2.24, 2.45) is 0 Å². The number of carbonyl (C=O) groups excluding carboxylic acids is 1. The highest BCUT2D eigenvalue weighted by molar-refractivity contribution is 6.52. The van der Waals surface area contributed by atoms with Gasteiger partial charge in [-0.05, 0) is 6.92 Å². The van der Waals surface area contributed by atoms with Crippen LogP contribution in [0.2, 0.25) is 0 Å². The largest absolute Gasteiger partial charge is 0.465 e. The van der Waals surface area contributed by atoms with Gasteiger partial charge in [-0.3, -0.25) is 0 Å². The summed E-state index contributed by atoms with van der Waals surface area (Å²) in [6, 6.07) is 0. The van der Waals surface area contributed by atoms with Crippen molar-refractivity contribution < 1.29 is 9.53 Å². The van der Waals surface area contributed by atoms with E-state index < -0.39 is 0 Å². The van der Waals surface area contributed by atoms with E-state index in [1.54, 1.807) is 6.92 Å². The molecule has 0 aromatic carbocycles. The number of rotatable bonds is 6. The Hall–Kier alpha value is -0.219. The molecule has 0 spiro atoms. The highest BCUT2D eigenvalue weighted by Gasteiger charge is 2.01. The van der Waals surface area contributed by atoms with E-state index >= 15 is 0 Å². The van der Waals surface area contributed by atoms with Crippen molar-refractivity contribution in [3.63, 3.8) is 0 Å². The first-order valence-corrected chi connectivity index (χ1v) is 7.98. The zero-order chi connectivity index (χ0) is 9.40. The van der Waals surface area contributed by atoms with E-state index in [0.29, 0.717) is 11.8 Å². The molecule has 0 fully saturated rings. The third kappa shape index (κ3) is 6.49. The van der Waals surface area contributed by atoms with Crippen molar-refractivity contribution in [1.82, 2.24) is 9.30 Å². The zero-order valence-electron chi connectivity index (χ0n) is 7.64. The fourth-order valence-electron chi connectivity index (χ4n) is 0.552. The minimum absolute atomic E-state index is 0.233. The van der Waals surface area contributed by atoms with Crippen molar-refractivity contribution in [2.75, 3.05) is 6.23 Å². The second kappa shape index (κ2) is 7.43. The van der Waals surface area contributed by atoms with Crippen LogP contribution in [0.15, 0.2) is 12.2 Å². The zero-order valence-corrected chi connectivity index (χ0v) is 12.5. The third-order valence-electron chi connectivity index (χ3n) is 1.16. The predicted octanol–water partition coefficient (Wildman–Crippen LogP) is -3.39. The molecule has 2 N–H and O–H groups in total. The number of esters is 1. The molecule has 0 unspecified atom stereocenters. The minimum atomic E-state index is -0.387. The van der Waals surface area contributed by atoms with Crippen molar-refractivity contribution in [3.05, 3.63) is 12.2 Å². The predicted molar refractivity (Wildman–Crippen MR) is 59.1 cm³/mol. The highest BCUT2D eigenvalue weighted by Crippen LogP contribution is 1.89. The van der Waals surface area contributed by atoms with Crippen LogP contribution in [0.5, 0.6) is 0 Å². The molecule has 70 valence electrons. The fourth-order valence-corrected chi connectivity index (χ4v) is 5.37. The lowest BCUT2D eigenvalue weighted by molar-refractivity contribution is -0.137. The van der Waals surface area contributed by atoms with Crippen LogP contribution < -0.4 is 9.30 Å². The van der Waals surface area contributed by atoms with Crippen molar-refractivity contribution in [3.8, 4) is 0 Å². The Bertz CT molecular complexity index is 165. The molecule has 0 saturated heterocycles. The summed E-state index contributed by atoms with van der Waals surface area (Å²) in [6.07, 6.45) is 0.571. The van der Waals surface area contributed by atoms with Gasteiger partial charge in [0.15, 0.2) is 9.84 Å². The Kier molecular flexibility index (Phi) is 7.30. The van der Waals surface area contributed by atoms with E-state index in [4.69, 9.17) is 4.74 Å². The molecule has 4 nitrogen and oxygen atoms in total. The maximum absolute atomic E-state index is 10.9. The van der Waals surface area contributed by atoms with Gasteiger partial charge in [-0.1, -0.05) is 6.58 Å². The molecule has 12 heavy (non-hydrogen) atoms. The lowest BCUT2D eigenvalue weighted by Crippen LogP contribution is -2.36. The highest BCUT2D eigenvalue weighted by atomic mass is 28.3. The smallest absolute Gasteiger partial charge is 0.332 e. The second-order valence-corrected chi connectivity index (χ2v) is 8.54. The Morgan fingerprint density at radius 2 is 2.42 bits per heavy atom. The summed E-state index contributed by atoms with van der Waals surface area (Å²) in [7, 11) is 0.431. The molecule has 0 bridgehead atoms. The molecule has 0 aromatic heterocycles. The molecule has 0 aliphatic carbocycles. The van der Waals surface area contributed by atoms with Crippen LogP contribution in [0.3, 0.4) is 0 Å². The van der Waals surface area contributed by atoms with Crippen LogP contribution in [-0.2, 0) is 9.53 Å². The van der Waals surface area contributed by atoms with Gasteiger partial charge in [-0.25, -0.2) is 4.79 Å². The Balaban J connectivity index is 3.20. The Morgan fingerprint density at radius 1 is 1.75 bits per heavy atom. The Morgan fingerprint density at radius 3 is 2.92 bits per heavy atom. The van der Waals surface area contributed by atoms with Crippen molar-refractivity contribution in [1.29, 1.82) is 0 Å². The number of nitrogens with one attached hydrogen (secondary N) is 2. The molecule has 0 atom stereocenters. The van der Waals surface area contributed by atoms with Crippen LogP contribution >= 0.6 is 0 Å². The van der Waals surface area contributed by atoms with E-state index in [-0.39, 0.29) is 25.5 Å². The summed E-state index contributed by atoms with van der Waals surface area (Å²) in [6.45, 7) is 5.15. The third-order valence-corrected chi connectivity index (χ3v) is 5.40. The second-order valence-electron chi connectivity index (χ2n) is 2.45. The summed E-state index contributed by atoms with van der Waals surface area (Å²) in [4.78, 5) is 10.9. The van der Waals surface area contributed by atoms with Gasteiger partial charge < -0.3 is 14.0 Å². The average Bonchev–Trinajstić information content (AvgIpc) is 2.03. The van der Waals surface area contributed by atoms with Crippen LogP contribution in [0.25, 0.3) is 0 Å². The average molecular weight is 220 g/mol. The van der Waals surface area contributed by atoms with E-state index in [2.05, 4.69) is 15.9 Å². The number of hydrogen-bond donors (Lipinski definition) is 2. The number of ether oxygens (including phenoxy) is 1. The van der Waals surface area contributed by atoms with Crippen LogP contribution in [0.1, 0.15) is 6.92 Å². The van der Waals surface area contributed by atoms with Crippen LogP contribution in [-0.4, -0.2) is 42.1 Å². The lowest BCUT2D eigenvalue weighted by Gasteiger charge is -2.04. The molecule has 0 aromatic rings. The SMILES string of the molecule is C=C(C)C(=O)OC[SiH2]N[SiH2]N[SiH3]. The number of hydrogen-bond acceptors (Lipinski definition) is 4. The quantitative estimate of drug-likeness (QED) is 0.212. The summed E-state index contributed by atoms with van der Waals surface area (Å²) >= 11 is 0. The first kappa shape index (κ1) is 11.8. The van der Waals surface area contributed by atoms with Gasteiger partial charge in [0, 0.05) is 5.57 Å². The van der Waals surface area contributed by atoms with Gasteiger partial charge in [-0.15, -0.1) is 0 Å². The Labute approximate surface area is 80.5 Å². The summed E-state index contributed by atoms with van der Waals surface area (Å²) in [5.74, 6) is -0.273. The molecule has 7 heteroatoms. The molecule has 0 saturated carbocycles. The fraction of sp³-hybridized carbons (Fsp3) is 0.400. The summed E-state index contributed by atoms with van der Waals surface area (Å²) in [5, 5.41) is 0. The van der Waals surface area contributed by atoms with E-state index in [0.717, 1.165) is 10.4 Å². The topological polar surface area (TPSA) is 50.4 Å². The molecule has 0 heterocycles. The van der Waals surface area contributed by atoms with Crippen molar-refractivity contribution in [2.45, 2.75) is 6.92 Å². The van der Waals surface area contributed by atoms with Gasteiger partial charge in [0.05, 0.1) is 16.6 Å².